The van der Waals surface area contributed by atoms with Crippen LogP contribution in [0.5, 0.6) is 0 Å². The van der Waals surface area contributed by atoms with Gasteiger partial charge in [-0.25, -0.2) is 9.18 Å². The largest absolute Gasteiger partial charge is 0.490 e. The fraction of sp³-hybridized carbons (Fsp3) is 0.600. The van der Waals surface area contributed by atoms with Crippen LogP contribution in [0, 0.1) is 11.7 Å². The Morgan fingerprint density at radius 1 is 1.10 bits per heavy atom. The van der Waals surface area contributed by atoms with Crippen molar-refractivity contribution >= 4 is 11.9 Å². The summed E-state index contributed by atoms with van der Waals surface area (Å²) in [6.07, 6.45) is 1.45. The first kappa shape index (κ1) is 23.1. The average molecular weight is 419 g/mol. The van der Waals surface area contributed by atoms with E-state index in [1.165, 1.54) is 17.5 Å². The highest BCUT2D eigenvalue weighted by Gasteiger charge is 2.38. The number of benzene rings is 1. The number of aliphatic carboxylic acids is 2. The van der Waals surface area contributed by atoms with Crippen molar-refractivity contribution in [3.8, 4) is 0 Å². The van der Waals surface area contributed by atoms with Gasteiger partial charge in [0.2, 0.25) is 0 Å². The van der Waals surface area contributed by atoms with E-state index in [-0.39, 0.29) is 12.2 Å². The lowest BCUT2D eigenvalue weighted by atomic mass is 9.84. The Kier molecular flexibility index (Phi) is 8.01. The van der Waals surface area contributed by atoms with Crippen LogP contribution >= 0.6 is 0 Å². The predicted octanol–water partition coefficient (Wildman–Crippen LogP) is 4.41. The lowest BCUT2D eigenvalue weighted by molar-refractivity contribution is -0.192. The van der Waals surface area contributed by atoms with Crippen molar-refractivity contribution < 1.29 is 37.4 Å². The molecule has 2 aliphatic rings. The van der Waals surface area contributed by atoms with Gasteiger partial charge in [-0.3, -0.25) is 9.69 Å². The van der Waals surface area contributed by atoms with Crippen LogP contribution in [-0.2, 0) is 16.0 Å². The topological polar surface area (TPSA) is 77.8 Å². The zero-order chi connectivity index (χ0) is 21.6. The highest BCUT2D eigenvalue weighted by molar-refractivity contribution is 5.73. The Labute approximate surface area is 166 Å². The van der Waals surface area contributed by atoms with Crippen molar-refractivity contribution in [3.05, 3.63) is 35.1 Å². The first-order valence-electron chi connectivity index (χ1n) is 9.62. The third kappa shape index (κ3) is 6.99. The number of rotatable bonds is 4. The predicted molar refractivity (Wildman–Crippen MR) is 96.9 cm³/mol. The molecule has 2 N–H and O–H groups in total. The van der Waals surface area contributed by atoms with Gasteiger partial charge in [0.25, 0.3) is 0 Å². The number of hydrogen-bond acceptors (Lipinski definition) is 3. The highest BCUT2D eigenvalue weighted by Crippen LogP contribution is 2.37. The molecule has 1 fully saturated rings. The number of aryl methyl sites for hydroxylation is 1. The molecule has 1 aliphatic carbocycles. The van der Waals surface area contributed by atoms with Crippen LogP contribution < -0.4 is 0 Å². The Balaban J connectivity index is 0.000000370. The molecular formula is C20H25F4NO4. The van der Waals surface area contributed by atoms with E-state index >= 15 is 0 Å². The second kappa shape index (κ2) is 10.0. The molecule has 3 rings (SSSR count). The Bertz CT molecular complexity index is 715. The number of alkyl halides is 3. The number of piperidine rings is 1. The minimum atomic E-state index is -5.08. The van der Waals surface area contributed by atoms with Crippen molar-refractivity contribution in [1.82, 2.24) is 4.90 Å². The Morgan fingerprint density at radius 2 is 1.72 bits per heavy atom. The molecule has 1 aliphatic heterocycles. The maximum absolute atomic E-state index is 13.6. The quantitative estimate of drug-likeness (QED) is 0.707. The number of fused-ring (bicyclic) bond motifs is 1. The lowest BCUT2D eigenvalue weighted by Crippen LogP contribution is -2.38. The van der Waals surface area contributed by atoms with E-state index in [1.807, 2.05) is 6.07 Å². The number of hydrogen-bond donors (Lipinski definition) is 2. The summed E-state index contributed by atoms with van der Waals surface area (Å²) < 4.78 is 45.3. The summed E-state index contributed by atoms with van der Waals surface area (Å²) >= 11 is 0. The lowest BCUT2D eigenvalue weighted by Gasteiger charge is -2.40. The first-order valence-corrected chi connectivity index (χ1v) is 9.62. The van der Waals surface area contributed by atoms with Crippen molar-refractivity contribution in [1.29, 1.82) is 0 Å². The molecule has 5 nitrogen and oxygen atoms in total. The van der Waals surface area contributed by atoms with Gasteiger partial charge in [0.1, 0.15) is 5.82 Å². The normalized spacial score (nSPS) is 20.3. The van der Waals surface area contributed by atoms with Gasteiger partial charge in [-0.2, -0.15) is 13.2 Å². The maximum atomic E-state index is 13.6. The molecule has 1 atom stereocenters. The molecule has 0 bridgehead atoms. The molecule has 0 saturated carbocycles. The summed E-state index contributed by atoms with van der Waals surface area (Å²) in [5.74, 6) is -3.06. The van der Waals surface area contributed by atoms with Crippen molar-refractivity contribution in [2.45, 2.75) is 57.2 Å². The average Bonchev–Trinajstić information content (AvgIpc) is 2.66. The molecule has 1 aromatic rings. The number of carboxylic acids is 2. The number of carboxylic acid groups (broad SMARTS) is 2. The van der Waals surface area contributed by atoms with Crippen molar-refractivity contribution in [2.75, 3.05) is 13.1 Å². The highest BCUT2D eigenvalue weighted by atomic mass is 19.4. The number of likely N-dealkylation sites (tertiary alicyclic amines) is 1. The monoisotopic (exact) mass is 419 g/mol. The van der Waals surface area contributed by atoms with Gasteiger partial charge >= 0.3 is 18.1 Å². The smallest absolute Gasteiger partial charge is 0.481 e. The fourth-order valence-electron chi connectivity index (χ4n) is 4.01. The molecule has 162 valence electrons. The second-order valence-corrected chi connectivity index (χ2v) is 7.47. The van der Waals surface area contributed by atoms with Gasteiger partial charge in [-0.1, -0.05) is 6.07 Å². The summed E-state index contributed by atoms with van der Waals surface area (Å²) in [4.78, 5) is 22.1. The molecule has 0 spiro atoms. The van der Waals surface area contributed by atoms with Crippen molar-refractivity contribution in [2.24, 2.45) is 5.92 Å². The van der Waals surface area contributed by atoms with Crippen molar-refractivity contribution in [3.63, 3.8) is 0 Å². The van der Waals surface area contributed by atoms with Gasteiger partial charge < -0.3 is 10.2 Å². The van der Waals surface area contributed by atoms with E-state index in [9.17, 15) is 22.4 Å². The van der Waals surface area contributed by atoms with E-state index in [4.69, 9.17) is 15.0 Å². The van der Waals surface area contributed by atoms with Gasteiger partial charge in [0.05, 0.1) is 0 Å². The number of carbonyl (C=O) groups is 2. The Morgan fingerprint density at radius 3 is 2.28 bits per heavy atom. The molecule has 29 heavy (non-hydrogen) atoms. The van der Waals surface area contributed by atoms with Crippen LogP contribution in [0.1, 0.15) is 55.7 Å². The number of halogens is 4. The van der Waals surface area contributed by atoms with Gasteiger partial charge in [-0.15, -0.1) is 0 Å². The molecule has 1 saturated heterocycles. The molecule has 0 aromatic heterocycles. The van der Waals surface area contributed by atoms with Crippen LogP contribution in [0.3, 0.4) is 0 Å². The third-order valence-electron chi connectivity index (χ3n) is 5.49. The molecule has 0 radical (unpaired) electrons. The zero-order valence-electron chi connectivity index (χ0n) is 15.9. The molecule has 1 aromatic carbocycles. The summed E-state index contributed by atoms with van der Waals surface area (Å²) in [6.45, 7) is 2.01. The second-order valence-electron chi connectivity index (χ2n) is 7.47. The van der Waals surface area contributed by atoms with Crippen LogP contribution in [-0.4, -0.2) is 46.3 Å². The summed E-state index contributed by atoms with van der Waals surface area (Å²) in [7, 11) is 0. The van der Waals surface area contributed by atoms with Gasteiger partial charge in [0, 0.05) is 12.5 Å². The van der Waals surface area contributed by atoms with Gasteiger partial charge in [0.15, 0.2) is 0 Å². The van der Waals surface area contributed by atoms with Crippen LogP contribution in [0.2, 0.25) is 0 Å². The van der Waals surface area contributed by atoms with Gasteiger partial charge in [-0.05, 0) is 80.8 Å². The minimum absolute atomic E-state index is 0.137. The Hall–Kier alpha value is -2.16. The van der Waals surface area contributed by atoms with Crippen LogP contribution in [0.4, 0.5) is 17.6 Å². The molecule has 9 heteroatoms. The third-order valence-corrected chi connectivity index (χ3v) is 5.49. The van der Waals surface area contributed by atoms with E-state index in [0.29, 0.717) is 12.0 Å². The molecule has 1 unspecified atom stereocenters. The molecule has 0 amide bonds. The van der Waals surface area contributed by atoms with Crippen LogP contribution in [0.25, 0.3) is 0 Å². The summed E-state index contributed by atoms with van der Waals surface area (Å²) in [6, 6.07) is 5.57. The first-order chi connectivity index (χ1) is 13.6. The SMILES string of the molecule is O=C(O)C(F)(F)F.O=C(O)CCC1CCN(C2CCCc3ccc(F)cc32)CC1. The summed E-state index contributed by atoms with van der Waals surface area (Å²) in [5.41, 5.74) is 2.47. The molecule has 1 heterocycles. The maximum Gasteiger partial charge on any atom is 0.490 e. The number of nitrogens with zero attached hydrogens (tertiary/aromatic N) is 1. The van der Waals surface area contributed by atoms with E-state index in [2.05, 4.69) is 4.90 Å². The minimum Gasteiger partial charge on any atom is -0.481 e. The molecular weight excluding hydrogens is 394 g/mol. The van der Waals surface area contributed by atoms with E-state index in [0.717, 1.165) is 45.2 Å². The standard InChI is InChI=1S/C18H24FNO2.C2HF3O2/c19-15-6-5-14-2-1-3-17(16(14)12-15)20-10-8-13(9-11-20)4-7-18(21)22;3-2(4,5)1(6)7/h5-6,12-13,17H,1-4,7-11H2,(H,21,22);(H,6,7). The van der Waals surface area contributed by atoms with E-state index < -0.39 is 18.1 Å². The fourth-order valence-corrected chi connectivity index (χ4v) is 4.01. The zero-order valence-corrected chi connectivity index (χ0v) is 15.9. The summed E-state index contributed by atoms with van der Waals surface area (Å²) in [5, 5.41) is 15.9. The van der Waals surface area contributed by atoms with Crippen LogP contribution in [0.15, 0.2) is 18.2 Å². The van der Waals surface area contributed by atoms with E-state index in [1.54, 1.807) is 12.1 Å².